The number of hydrogen-bond donors (Lipinski definition) is 2. The van der Waals surface area contributed by atoms with E-state index in [9.17, 15) is 4.79 Å². The van der Waals surface area contributed by atoms with Gasteiger partial charge in [-0.1, -0.05) is 48.0 Å². The van der Waals surface area contributed by atoms with Crippen LogP contribution in [0.4, 0.5) is 5.69 Å². The summed E-state index contributed by atoms with van der Waals surface area (Å²) in [6.07, 6.45) is 0. The minimum atomic E-state index is -0.268. The molecule has 1 heterocycles. The zero-order valence-corrected chi connectivity index (χ0v) is 14.7. The van der Waals surface area contributed by atoms with Crippen LogP contribution in [0.1, 0.15) is 11.4 Å². The first-order valence-corrected chi connectivity index (χ1v) is 8.21. The number of anilines is 1. The van der Waals surface area contributed by atoms with Crippen LogP contribution >= 0.6 is 11.6 Å². The molecule has 128 valence electrons. The molecule has 0 saturated heterocycles. The Labute approximate surface area is 151 Å². The molecule has 2 N–H and O–H groups in total. The Morgan fingerprint density at radius 2 is 1.92 bits per heavy atom. The number of hydrogen-bond acceptors (Lipinski definition) is 3. The van der Waals surface area contributed by atoms with E-state index in [1.165, 1.54) is 0 Å². The van der Waals surface area contributed by atoms with Crippen molar-refractivity contribution in [3.05, 3.63) is 64.9 Å². The van der Waals surface area contributed by atoms with Gasteiger partial charge in [0.15, 0.2) is 6.61 Å². The van der Waals surface area contributed by atoms with E-state index in [2.05, 4.69) is 15.5 Å². The number of aromatic nitrogens is 2. The summed E-state index contributed by atoms with van der Waals surface area (Å²) in [7, 11) is 0. The molecule has 2 aromatic carbocycles. The van der Waals surface area contributed by atoms with Crippen molar-refractivity contribution in [3.63, 3.8) is 0 Å². The van der Waals surface area contributed by atoms with Crippen LogP contribution in [0, 0.1) is 13.8 Å². The summed E-state index contributed by atoms with van der Waals surface area (Å²) in [5.74, 6) is 0.202. The molecular weight excluding hydrogens is 338 g/mol. The number of carbonyl (C=O) groups excluding carboxylic acids is 1. The van der Waals surface area contributed by atoms with E-state index in [0.29, 0.717) is 16.5 Å². The quantitative estimate of drug-likeness (QED) is 0.714. The monoisotopic (exact) mass is 355 g/mol. The first-order chi connectivity index (χ1) is 12.0. The Kier molecular flexibility index (Phi) is 5.05. The third kappa shape index (κ3) is 4.00. The standard InChI is InChI=1S/C19H18ClN3O2/c1-12-19(13(2)23-22-12)21-18(24)11-25-17-9-8-15(10-16(17)20)14-6-4-3-5-7-14/h3-10H,11H2,1-2H3,(H,21,24)(H,22,23). The molecule has 0 unspecified atom stereocenters. The zero-order valence-electron chi connectivity index (χ0n) is 14.0. The van der Waals surface area contributed by atoms with Crippen molar-refractivity contribution in [1.82, 2.24) is 10.2 Å². The molecule has 0 fully saturated rings. The van der Waals surface area contributed by atoms with Gasteiger partial charge < -0.3 is 10.1 Å². The molecule has 0 bridgehead atoms. The summed E-state index contributed by atoms with van der Waals surface area (Å²) in [5.41, 5.74) is 4.28. The zero-order chi connectivity index (χ0) is 17.8. The van der Waals surface area contributed by atoms with Gasteiger partial charge in [-0.25, -0.2) is 0 Å². The van der Waals surface area contributed by atoms with Crippen LogP contribution < -0.4 is 10.1 Å². The van der Waals surface area contributed by atoms with E-state index in [0.717, 1.165) is 22.5 Å². The van der Waals surface area contributed by atoms with Crippen LogP contribution in [0.15, 0.2) is 48.5 Å². The second kappa shape index (κ2) is 7.40. The molecular formula is C19H18ClN3O2. The Hall–Kier alpha value is -2.79. The lowest BCUT2D eigenvalue weighted by molar-refractivity contribution is -0.118. The Balaban J connectivity index is 1.64. The fraction of sp³-hybridized carbons (Fsp3) is 0.158. The number of halogens is 1. The van der Waals surface area contributed by atoms with Crippen LogP contribution in [-0.2, 0) is 4.79 Å². The van der Waals surface area contributed by atoms with Crippen molar-refractivity contribution < 1.29 is 9.53 Å². The number of aromatic amines is 1. The summed E-state index contributed by atoms with van der Waals surface area (Å²) >= 11 is 6.28. The fourth-order valence-corrected chi connectivity index (χ4v) is 2.72. The Morgan fingerprint density at radius 1 is 1.16 bits per heavy atom. The van der Waals surface area contributed by atoms with Gasteiger partial charge in [0, 0.05) is 0 Å². The molecule has 3 rings (SSSR count). The second-order valence-corrected chi connectivity index (χ2v) is 6.06. The Morgan fingerprint density at radius 3 is 2.56 bits per heavy atom. The third-order valence-corrected chi connectivity index (χ3v) is 4.09. The van der Waals surface area contributed by atoms with Gasteiger partial charge in [-0.15, -0.1) is 0 Å². The molecule has 6 heteroatoms. The number of benzene rings is 2. The summed E-state index contributed by atoms with van der Waals surface area (Å²) in [4.78, 5) is 12.1. The fourth-order valence-electron chi connectivity index (χ4n) is 2.48. The minimum Gasteiger partial charge on any atom is -0.482 e. The van der Waals surface area contributed by atoms with Gasteiger partial charge in [0.25, 0.3) is 5.91 Å². The molecule has 25 heavy (non-hydrogen) atoms. The predicted molar refractivity (Wildman–Crippen MR) is 99.1 cm³/mol. The SMILES string of the molecule is Cc1n[nH]c(C)c1NC(=O)COc1ccc(-c2ccccc2)cc1Cl. The summed E-state index contributed by atoms with van der Waals surface area (Å²) in [6.45, 7) is 3.53. The number of H-pyrrole nitrogens is 1. The molecule has 1 amide bonds. The van der Waals surface area contributed by atoms with Crippen LogP contribution in [0.5, 0.6) is 5.75 Å². The lowest BCUT2D eigenvalue weighted by atomic mass is 10.1. The minimum absolute atomic E-state index is 0.130. The van der Waals surface area contributed by atoms with Crippen molar-refractivity contribution in [2.75, 3.05) is 11.9 Å². The maximum Gasteiger partial charge on any atom is 0.262 e. The number of ether oxygens (including phenoxy) is 1. The lowest BCUT2D eigenvalue weighted by Crippen LogP contribution is -2.20. The molecule has 3 aromatic rings. The van der Waals surface area contributed by atoms with Gasteiger partial charge in [-0.05, 0) is 37.1 Å². The smallest absolute Gasteiger partial charge is 0.262 e. The van der Waals surface area contributed by atoms with Crippen molar-refractivity contribution in [2.24, 2.45) is 0 Å². The number of amides is 1. The third-order valence-electron chi connectivity index (χ3n) is 3.79. The van der Waals surface area contributed by atoms with Crippen LogP contribution in [0.25, 0.3) is 11.1 Å². The van der Waals surface area contributed by atoms with E-state index < -0.39 is 0 Å². The molecule has 0 saturated carbocycles. The second-order valence-electron chi connectivity index (χ2n) is 5.66. The topological polar surface area (TPSA) is 67.0 Å². The van der Waals surface area contributed by atoms with Crippen LogP contribution in [-0.4, -0.2) is 22.7 Å². The lowest BCUT2D eigenvalue weighted by Gasteiger charge is -2.10. The molecule has 1 aromatic heterocycles. The van der Waals surface area contributed by atoms with Crippen molar-refractivity contribution in [3.8, 4) is 16.9 Å². The van der Waals surface area contributed by atoms with Crippen LogP contribution in [0.2, 0.25) is 5.02 Å². The molecule has 0 aliphatic carbocycles. The Bertz CT molecular complexity index is 871. The maximum absolute atomic E-state index is 12.1. The van der Waals surface area contributed by atoms with Gasteiger partial charge in [0.05, 0.1) is 22.1 Å². The van der Waals surface area contributed by atoms with Crippen molar-refractivity contribution in [1.29, 1.82) is 0 Å². The first kappa shape index (κ1) is 17.0. The normalized spacial score (nSPS) is 10.5. The highest BCUT2D eigenvalue weighted by molar-refractivity contribution is 6.32. The van der Waals surface area contributed by atoms with Gasteiger partial charge in [-0.2, -0.15) is 5.10 Å². The summed E-state index contributed by atoms with van der Waals surface area (Å²) in [5, 5.41) is 10.1. The van der Waals surface area contributed by atoms with E-state index in [1.54, 1.807) is 6.07 Å². The number of nitrogens with one attached hydrogen (secondary N) is 2. The van der Waals surface area contributed by atoms with Gasteiger partial charge in [-0.3, -0.25) is 9.89 Å². The number of carbonyl (C=O) groups is 1. The number of rotatable bonds is 5. The summed E-state index contributed by atoms with van der Waals surface area (Å²) < 4.78 is 5.54. The van der Waals surface area contributed by atoms with E-state index in [1.807, 2.05) is 56.3 Å². The first-order valence-electron chi connectivity index (χ1n) is 7.84. The average Bonchev–Trinajstić information content (AvgIpc) is 2.93. The highest BCUT2D eigenvalue weighted by Gasteiger charge is 2.12. The van der Waals surface area contributed by atoms with Crippen molar-refractivity contribution >= 4 is 23.2 Å². The van der Waals surface area contributed by atoms with Gasteiger partial charge in [0.2, 0.25) is 0 Å². The van der Waals surface area contributed by atoms with Crippen molar-refractivity contribution in [2.45, 2.75) is 13.8 Å². The van der Waals surface area contributed by atoms with Gasteiger partial charge >= 0.3 is 0 Å². The largest absolute Gasteiger partial charge is 0.482 e. The summed E-state index contributed by atoms with van der Waals surface area (Å²) in [6, 6.07) is 15.4. The van der Waals surface area contributed by atoms with E-state index in [-0.39, 0.29) is 12.5 Å². The molecule has 0 aliphatic heterocycles. The molecule has 0 radical (unpaired) electrons. The number of nitrogens with zero attached hydrogens (tertiary/aromatic N) is 1. The number of aryl methyl sites for hydroxylation is 2. The van der Waals surface area contributed by atoms with Crippen LogP contribution in [0.3, 0.4) is 0 Å². The van der Waals surface area contributed by atoms with Gasteiger partial charge in [0.1, 0.15) is 5.75 Å². The average molecular weight is 356 g/mol. The molecule has 5 nitrogen and oxygen atoms in total. The highest BCUT2D eigenvalue weighted by atomic mass is 35.5. The maximum atomic E-state index is 12.1. The highest BCUT2D eigenvalue weighted by Crippen LogP contribution is 2.30. The van der Waals surface area contributed by atoms with E-state index >= 15 is 0 Å². The van der Waals surface area contributed by atoms with E-state index in [4.69, 9.17) is 16.3 Å². The molecule has 0 atom stereocenters. The molecule has 0 spiro atoms. The molecule has 0 aliphatic rings. The predicted octanol–water partition coefficient (Wildman–Crippen LogP) is 4.36.